The molecule has 0 radical (unpaired) electrons. The van der Waals surface area contributed by atoms with Gasteiger partial charge in [0.25, 0.3) is 5.91 Å². The van der Waals surface area contributed by atoms with E-state index >= 15 is 0 Å². The van der Waals surface area contributed by atoms with E-state index in [1.807, 2.05) is 0 Å². The first-order valence-corrected chi connectivity index (χ1v) is 11.0. The van der Waals surface area contributed by atoms with Crippen molar-refractivity contribution in [2.24, 2.45) is 0 Å². The lowest BCUT2D eigenvalue weighted by Crippen LogP contribution is -2.14. The Morgan fingerprint density at radius 3 is 2.31 bits per heavy atom. The van der Waals surface area contributed by atoms with Gasteiger partial charge in [-0.3, -0.25) is 4.79 Å². The zero-order valence-corrected chi connectivity index (χ0v) is 16.9. The molecule has 1 N–H and O–H groups in total. The number of thiazole rings is 1. The van der Waals surface area contributed by atoms with Crippen LogP contribution >= 0.6 is 11.3 Å². The van der Waals surface area contributed by atoms with E-state index in [9.17, 15) is 26.4 Å². The van der Waals surface area contributed by atoms with Crippen LogP contribution < -0.4 is 5.32 Å². The van der Waals surface area contributed by atoms with E-state index in [4.69, 9.17) is 0 Å². The van der Waals surface area contributed by atoms with E-state index in [2.05, 4.69) is 10.3 Å². The molecule has 152 valence electrons. The van der Waals surface area contributed by atoms with Crippen LogP contribution in [0, 0.1) is 6.92 Å². The van der Waals surface area contributed by atoms with Crippen molar-refractivity contribution in [1.82, 2.24) is 4.98 Å². The van der Waals surface area contributed by atoms with Gasteiger partial charge in [-0.2, -0.15) is 13.2 Å². The van der Waals surface area contributed by atoms with Crippen LogP contribution in [0.3, 0.4) is 0 Å². The van der Waals surface area contributed by atoms with Gasteiger partial charge in [0.15, 0.2) is 14.8 Å². The molecule has 0 saturated carbocycles. The molecule has 0 aliphatic carbocycles. The largest absolute Gasteiger partial charge is 0.443 e. The summed E-state index contributed by atoms with van der Waals surface area (Å²) in [6.45, 7) is 1.69. The van der Waals surface area contributed by atoms with Crippen molar-refractivity contribution in [1.29, 1.82) is 0 Å². The van der Waals surface area contributed by atoms with E-state index in [1.165, 1.54) is 29.6 Å². The average molecular weight is 440 g/mol. The quantitative estimate of drug-likeness (QED) is 0.633. The monoisotopic (exact) mass is 440 g/mol. The third kappa shape index (κ3) is 4.83. The number of nitrogens with one attached hydrogen (secondary N) is 1. The number of amides is 1. The zero-order chi connectivity index (χ0) is 21.4. The maximum Gasteiger partial charge on any atom is 0.443 e. The first-order chi connectivity index (χ1) is 13.4. The normalized spacial score (nSPS) is 12.0. The summed E-state index contributed by atoms with van der Waals surface area (Å²) >= 11 is 0.513. The second-order valence-electron chi connectivity index (χ2n) is 6.32. The molecule has 0 aliphatic heterocycles. The number of halogens is 3. The van der Waals surface area contributed by atoms with Crippen molar-refractivity contribution in [2.45, 2.75) is 18.0 Å². The Bertz CT molecular complexity index is 1170. The second kappa shape index (κ2) is 7.60. The fourth-order valence-electron chi connectivity index (χ4n) is 2.54. The van der Waals surface area contributed by atoms with Gasteiger partial charge in [-0.05, 0) is 36.8 Å². The van der Waals surface area contributed by atoms with Gasteiger partial charge in [0.2, 0.25) is 0 Å². The van der Waals surface area contributed by atoms with Gasteiger partial charge in [-0.25, -0.2) is 13.4 Å². The molecule has 5 nitrogen and oxygen atoms in total. The molecule has 29 heavy (non-hydrogen) atoms. The number of anilines is 1. The third-order valence-electron chi connectivity index (χ3n) is 4.07. The highest BCUT2D eigenvalue weighted by Gasteiger charge is 2.34. The molecule has 2 aromatic carbocycles. The maximum atomic E-state index is 12.7. The summed E-state index contributed by atoms with van der Waals surface area (Å²) in [5.74, 6) is -0.492. The number of aryl methyl sites for hydroxylation is 1. The standard InChI is InChI=1S/C19H15F3N2O3S2/c1-11-3-8-14(29(2,26)27)9-15(11)17(25)23-13-6-4-12(5-7-13)16-10-28-18(24-16)19(20,21)22/h3-10H,1-2H3,(H,23,25). The molecule has 0 unspecified atom stereocenters. The number of nitrogens with zero attached hydrogens (tertiary/aromatic N) is 1. The van der Waals surface area contributed by atoms with Crippen molar-refractivity contribution >= 4 is 32.8 Å². The van der Waals surface area contributed by atoms with Gasteiger partial charge in [0.1, 0.15) is 0 Å². The number of sulfone groups is 1. The van der Waals surface area contributed by atoms with E-state index < -0.39 is 26.9 Å². The van der Waals surface area contributed by atoms with Gasteiger partial charge in [0, 0.05) is 28.5 Å². The van der Waals surface area contributed by atoms with Crippen LogP contribution in [0.4, 0.5) is 18.9 Å². The molecule has 1 aromatic heterocycles. The topological polar surface area (TPSA) is 76.1 Å². The number of hydrogen-bond acceptors (Lipinski definition) is 5. The van der Waals surface area contributed by atoms with E-state index in [-0.39, 0.29) is 16.2 Å². The predicted molar refractivity (Wildman–Crippen MR) is 105 cm³/mol. The van der Waals surface area contributed by atoms with Crippen molar-refractivity contribution in [3.63, 3.8) is 0 Å². The first kappa shape index (κ1) is 21.0. The minimum absolute atomic E-state index is 0.0348. The number of aromatic nitrogens is 1. The van der Waals surface area contributed by atoms with Crippen molar-refractivity contribution in [2.75, 3.05) is 11.6 Å². The summed E-state index contributed by atoms with van der Waals surface area (Å²) in [5.41, 5.74) is 1.90. The van der Waals surface area contributed by atoms with Crippen LogP contribution in [0.15, 0.2) is 52.7 Å². The van der Waals surface area contributed by atoms with Gasteiger partial charge >= 0.3 is 6.18 Å². The van der Waals surface area contributed by atoms with Crippen molar-refractivity contribution in [3.8, 4) is 11.3 Å². The Kier molecular flexibility index (Phi) is 5.50. The summed E-state index contributed by atoms with van der Waals surface area (Å²) in [5, 5.41) is 3.05. The number of carbonyl (C=O) groups excluding carboxylic acids is 1. The predicted octanol–water partition coefficient (Wildman–Crippen LogP) is 4.79. The average Bonchev–Trinajstić information content (AvgIpc) is 3.12. The van der Waals surface area contributed by atoms with Gasteiger partial charge < -0.3 is 5.32 Å². The maximum absolute atomic E-state index is 12.7. The highest BCUT2D eigenvalue weighted by Crippen LogP contribution is 2.34. The summed E-state index contributed by atoms with van der Waals surface area (Å²) < 4.78 is 61.5. The molecule has 0 spiro atoms. The van der Waals surface area contributed by atoms with Crippen molar-refractivity contribution in [3.05, 3.63) is 64.0 Å². The molecule has 0 bridgehead atoms. The molecular weight excluding hydrogens is 425 g/mol. The molecular formula is C19H15F3N2O3S2. The van der Waals surface area contributed by atoms with E-state index in [1.54, 1.807) is 25.1 Å². The highest BCUT2D eigenvalue weighted by atomic mass is 32.2. The summed E-state index contributed by atoms with van der Waals surface area (Å²) in [6, 6.07) is 10.5. The van der Waals surface area contributed by atoms with Crippen LogP contribution in [0.2, 0.25) is 0 Å². The first-order valence-electron chi connectivity index (χ1n) is 8.20. The Morgan fingerprint density at radius 1 is 1.10 bits per heavy atom. The molecule has 0 fully saturated rings. The Balaban J connectivity index is 1.80. The lowest BCUT2D eigenvalue weighted by Gasteiger charge is -2.10. The van der Waals surface area contributed by atoms with Crippen LogP contribution in [-0.4, -0.2) is 25.6 Å². The number of hydrogen-bond donors (Lipinski definition) is 1. The molecule has 3 rings (SSSR count). The SMILES string of the molecule is Cc1ccc(S(C)(=O)=O)cc1C(=O)Nc1ccc(-c2csc(C(F)(F)F)n2)cc1. The van der Waals surface area contributed by atoms with Gasteiger partial charge in [0.05, 0.1) is 10.6 Å². The zero-order valence-electron chi connectivity index (χ0n) is 15.2. The Labute approximate surface area is 169 Å². The fraction of sp³-hybridized carbons (Fsp3) is 0.158. The minimum atomic E-state index is -4.49. The molecule has 0 atom stereocenters. The van der Waals surface area contributed by atoms with Crippen molar-refractivity contribution < 1.29 is 26.4 Å². The minimum Gasteiger partial charge on any atom is -0.322 e. The summed E-state index contributed by atoms with van der Waals surface area (Å²) in [7, 11) is -3.46. The lowest BCUT2D eigenvalue weighted by molar-refractivity contribution is -0.137. The lowest BCUT2D eigenvalue weighted by atomic mass is 10.1. The smallest absolute Gasteiger partial charge is 0.322 e. The highest BCUT2D eigenvalue weighted by molar-refractivity contribution is 7.90. The molecule has 0 aliphatic rings. The van der Waals surface area contributed by atoms with Crippen LogP contribution in [0.1, 0.15) is 20.9 Å². The van der Waals surface area contributed by atoms with Crippen LogP contribution in [-0.2, 0) is 16.0 Å². The molecule has 1 heterocycles. The van der Waals surface area contributed by atoms with E-state index in [0.29, 0.717) is 28.2 Å². The summed E-state index contributed by atoms with van der Waals surface area (Å²) in [6.07, 6.45) is -3.43. The van der Waals surface area contributed by atoms with Crippen LogP contribution in [0.25, 0.3) is 11.3 Å². The molecule has 1 amide bonds. The molecule has 10 heteroatoms. The van der Waals surface area contributed by atoms with Gasteiger partial charge in [-0.1, -0.05) is 18.2 Å². The number of benzene rings is 2. The second-order valence-corrected chi connectivity index (χ2v) is 9.19. The summed E-state index contributed by atoms with van der Waals surface area (Å²) in [4.78, 5) is 16.2. The number of carbonyl (C=O) groups is 1. The molecule has 3 aromatic rings. The van der Waals surface area contributed by atoms with Crippen LogP contribution in [0.5, 0.6) is 0 Å². The molecule has 0 saturated heterocycles. The fourth-order valence-corrected chi connectivity index (χ4v) is 3.88. The third-order valence-corrected chi connectivity index (χ3v) is 6.06. The Morgan fingerprint density at radius 2 is 1.76 bits per heavy atom. The Hall–Kier alpha value is -2.72. The van der Waals surface area contributed by atoms with Gasteiger partial charge in [-0.15, -0.1) is 11.3 Å². The van der Waals surface area contributed by atoms with E-state index in [0.717, 1.165) is 6.26 Å². The number of alkyl halides is 3. The number of rotatable bonds is 4.